The Morgan fingerprint density at radius 3 is 3.00 bits per heavy atom. The highest BCUT2D eigenvalue weighted by molar-refractivity contribution is 7.80. The molecule has 8 nitrogen and oxygen atoms in total. The Bertz CT molecular complexity index is 672. The van der Waals surface area contributed by atoms with Gasteiger partial charge in [0.1, 0.15) is 5.75 Å². The number of aryl methyl sites for hydroxylation is 1. The van der Waals surface area contributed by atoms with E-state index in [-0.39, 0.29) is 17.0 Å². The molecule has 1 aromatic heterocycles. The van der Waals surface area contributed by atoms with Crippen LogP contribution in [0.4, 0.5) is 5.95 Å². The zero-order valence-corrected chi connectivity index (χ0v) is 13.1. The van der Waals surface area contributed by atoms with Gasteiger partial charge in [0.05, 0.1) is 13.7 Å². The number of carbonyl (C=O) groups excluding carboxylic acids is 1. The second kappa shape index (κ2) is 7.46. The van der Waals surface area contributed by atoms with E-state index in [9.17, 15) is 4.79 Å². The molecule has 2 aromatic rings. The Kier molecular flexibility index (Phi) is 5.37. The van der Waals surface area contributed by atoms with Crippen molar-refractivity contribution in [1.29, 1.82) is 0 Å². The van der Waals surface area contributed by atoms with Crippen LogP contribution >= 0.6 is 12.2 Å². The molecule has 1 amide bonds. The lowest BCUT2D eigenvalue weighted by molar-refractivity contribution is 0.0977. The number of nitrogens with one attached hydrogen (secondary N) is 2. The van der Waals surface area contributed by atoms with Crippen LogP contribution in [0.2, 0.25) is 0 Å². The van der Waals surface area contributed by atoms with Gasteiger partial charge >= 0.3 is 0 Å². The van der Waals surface area contributed by atoms with Crippen LogP contribution in [0.1, 0.15) is 23.7 Å². The smallest absolute Gasteiger partial charge is 0.269 e. The van der Waals surface area contributed by atoms with Gasteiger partial charge in [-0.15, -0.1) is 5.10 Å². The number of carbonyl (C=O) groups is 1. The number of nitrogens with zero attached hydrogens (tertiary/aromatic N) is 4. The van der Waals surface area contributed by atoms with E-state index in [2.05, 4.69) is 26.0 Å². The number of ether oxygens (including phenoxy) is 1. The first kappa shape index (κ1) is 15.8. The Morgan fingerprint density at radius 2 is 2.27 bits per heavy atom. The van der Waals surface area contributed by atoms with Gasteiger partial charge in [-0.25, -0.2) is 0 Å². The fourth-order valence-corrected chi connectivity index (χ4v) is 1.84. The fourth-order valence-electron chi connectivity index (χ4n) is 1.66. The first-order chi connectivity index (χ1) is 10.6. The van der Waals surface area contributed by atoms with Crippen LogP contribution in [0.25, 0.3) is 0 Å². The second-order valence-corrected chi connectivity index (χ2v) is 4.76. The summed E-state index contributed by atoms with van der Waals surface area (Å²) in [5, 5.41) is 17.1. The van der Waals surface area contributed by atoms with Gasteiger partial charge in [0.25, 0.3) is 11.9 Å². The Hall–Kier alpha value is -2.55. The highest BCUT2D eigenvalue weighted by atomic mass is 32.1. The molecule has 0 bridgehead atoms. The van der Waals surface area contributed by atoms with Gasteiger partial charge in [0.2, 0.25) is 0 Å². The van der Waals surface area contributed by atoms with E-state index in [0.29, 0.717) is 17.9 Å². The summed E-state index contributed by atoms with van der Waals surface area (Å²) in [5.41, 5.74) is 0.436. The topological polar surface area (TPSA) is 94.0 Å². The van der Waals surface area contributed by atoms with E-state index in [1.807, 2.05) is 6.92 Å². The van der Waals surface area contributed by atoms with Crippen molar-refractivity contribution in [2.24, 2.45) is 0 Å². The van der Waals surface area contributed by atoms with Crippen LogP contribution in [0.15, 0.2) is 24.3 Å². The lowest BCUT2D eigenvalue weighted by Gasteiger charge is -2.07. The van der Waals surface area contributed by atoms with Crippen LogP contribution < -0.4 is 15.4 Å². The number of rotatable bonds is 5. The predicted molar refractivity (Wildman–Crippen MR) is 84.8 cm³/mol. The quantitative estimate of drug-likeness (QED) is 0.800. The summed E-state index contributed by atoms with van der Waals surface area (Å²) >= 11 is 5.06. The molecule has 0 unspecified atom stereocenters. The van der Waals surface area contributed by atoms with Crippen molar-refractivity contribution in [3.63, 3.8) is 0 Å². The van der Waals surface area contributed by atoms with Crippen LogP contribution in [0, 0.1) is 0 Å². The number of benzene rings is 1. The van der Waals surface area contributed by atoms with Crippen molar-refractivity contribution < 1.29 is 9.53 Å². The highest BCUT2D eigenvalue weighted by Gasteiger charge is 2.10. The molecule has 0 saturated heterocycles. The van der Waals surface area contributed by atoms with Gasteiger partial charge in [0, 0.05) is 5.56 Å². The molecule has 0 fully saturated rings. The van der Waals surface area contributed by atoms with Crippen molar-refractivity contribution >= 4 is 29.2 Å². The molecular formula is C13H16N6O2S. The first-order valence-electron chi connectivity index (χ1n) is 6.66. The number of hydrogen-bond donors (Lipinski definition) is 2. The summed E-state index contributed by atoms with van der Waals surface area (Å²) in [6, 6.07) is 6.76. The van der Waals surface area contributed by atoms with Gasteiger partial charge in [-0.1, -0.05) is 18.1 Å². The molecule has 0 aliphatic carbocycles. The molecule has 0 aliphatic rings. The lowest BCUT2D eigenvalue weighted by Crippen LogP contribution is -2.34. The van der Waals surface area contributed by atoms with E-state index >= 15 is 0 Å². The number of amides is 1. The summed E-state index contributed by atoms with van der Waals surface area (Å²) in [5.74, 6) is 0.484. The van der Waals surface area contributed by atoms with Crippen LogP contribution in [-0.4, -0.2) is 38.3 Å². The van der Waals surface area contributed by atoms with Gasteiger partial charge in [-0.05, 0) is 42.1 Å². The number of aromatic nitrogens is 4. The second-order valence-electron chi connectivity index (χ2n) is 4.35. The van der Waals surface area contributed by atoms with Crippen LogP contribution in [0.3, 0.4) is 0 Å². The third kappa shape index (κ3) is 4.22. The summed E-state index contributed by atoms with van der Waals surface area (Å²) < 4.78 is 5.07. The van der Waals surface area contributed by atoms with Crippen molar-refractivity contribution in [3.05, 3.63) is 29.8 Å². The first-order valence-corrected chi connectivity index (χ1v) is 7.07. The zero-order chi connectivity index (χ0) is 15.9. The molecule has 1 heterocycles. The molecule has 2 rings (SSSR count). The molecule has 22 heavy (non-hydrogen) atoms. The van der Waals surface area contributed by atoms with Gasteiger partial charge in [-0.3, -0.25) is 15.4 Å². The molecule has 0 saturated carbocycles. The van der Waals surface area contributed by atoms with Crippen LogP contribution in [0.5, 0.6) is 5.75 Å². The van der Waals surface area contributed by atoms with Crippen molar-refractivity contribution in [2.45, 2.75) is 19.9 Å². The minimum Gasteiger partial charge on any atom is -0.497 e. The zero-order valence-electron chi connectivity index (χ0n) is 12.2. The van der Waals surface area contributed by atoms with E-state index in [1.165, 1.54) is 11.9 Å². The summed E-state index contributed by atoms with van der Waals surface area (Å²) in [6.45, 7) is 2.67. The highest BCUT2D eigenvalue weighted by Crippen LogP contribution is 2.12. The van der Waals surface area contributed by atoms with Crippen molar-refractivity contribution in [3.8, 4) is 5.75 Å². The molecule has 9 heteroatoms. The van der Waals surface area contributed by atoms with E-state index in [0.717, 1.165) is 6.42 Å². The van der Waals surface area contributed by atoms with Crippen LogP contribution in [-0.2, 0) is 6.54 Å². The number of methoxy groups -OCH3 is 1. The van der Waals surface area contributed by atoms with E-state index in [4.69, 9.17) is 17.0 Å². The number of thiocarbonyl (C=S) groups is 1. The molecule has 0 spiro atoms. The molecule has 0 aliphatic heterocycles. The molecule has 116 valence electrons. The average molecular weight is 320 g/mol. The fraction of sp³-hybridized carbons (Fsp3) is 0.308. The average Bonchev–Trinajstić information content (AvgIpc) is 2.94. The SMILES string of the molecule is CCCn1nnc(NC(=S)NC(=O)c2cccc(OC)c2)n1. The Morgan fingerprint density at radius 1 is 1.45 bits per heavy atom. The molecule has 1 aromatic carbocycles. The van der Waals surface area contributed by atoms with E-state index < -0.39 is 0 Å². The lowest BCUT2D eigenvalue weighted by atomic mass is 10.2. The third-order valence-corrected chi connectivity index (χ3v) is 2.86. The minimum absolute atomic E-state index is 0.101. The van der Waals surface area contributed by atoms with E-state index in [1.54, 1.807) is 24.3 Å². The minimum atomic E-state index is -0.350. The molecule has 2 N–H and O–H groups in total. The normalized spacial score (nSPS) is 10.1. The van der Waals surface area contributed by atoms with Gasteiger partial charge < -0.3 is 4.74 Å². The Balaban J connectivity index is 1.94. The molecule has 0 radical (unpaired) electrons. The summed E-state index contributed by atoms with van der Waals surface area (Å²) in [4.78, 5) is 13.5. The predicted octanol–water partition coefficient (Wildman–Crippen LogP) is 1.22. The number of tetrazole rings is 1. The maximum Gasteiger partial charge on any atom is 0.269 e. The number of hydrogen-bond acceptors (Lipinski definition) is 6. The van der Waals surface area contributed by atoms with Gasteiger partial charge in [-0.2, -0.15) is 4.80 Å². The standard InChI is InChI=1S/C13H16N6O2S/c1-3-7-19-17-12(16-18-19)15-13(22)14-11(20)9-5-4-6-10(8-9)21-2/h4-6,8H,3,7H2,1-2H3,(H2,14,15,17,20,22). The largest absolute Gasteiger partial charge is 0.497 e. The maximum absolute atomic E-state index is 12.1. The Labute approximate surface area is 132 Å². The number of anilines is 1. The maximum atomic E-state index is 12.1. The third-order valence-electron chi connectivity index (χ3n) is 2.66. The molecular weight excluding hydrogens is 304 g/mol. The molecule has 0 atom stereocenters. The van der Waals surface area contributed by atoms with Gasteiger partial charge in [0.15, 0.2) is 5.11 Å². The summed E-state index contributed by atoms with van der Waals surface area (Å²) in [6.07, 6.45) is 0.896. The van der Waals surface area contributed by atoms with Crippen molar-refractivity contribution in [2.75, 3.05) is 12.4 Å². The van der Waals surface area contributed by atoms with Crippen molar-refractivity contribution in [1.82, 2.24) is 25.5 Å². The summed E-state index contributed by atoms with van der Waals surface area (Å²) in [7, 11) is 1.54. The monoisotopic (exact) mass is 320 g/mol.